The Morgan fingerprint density at radius 2 is 0.722 bits per heavy atom. The van der Waals surface area contributed by atoms with E-state index < -0.39 is 7.25 Å². The van der Waals surface area contributed by atoms with Gasteiger partial charge in [-0.1, -0.05) is 66.7 Å². The van der Waals surface area contributed by atoms with E-state index in [0.29, 0.717) is 0 Å². The summed E-state index contributed by atoms with van der Waals surface area (Å²) in [6, 6.07) is 35.1. The standard InChI is InChI=1S/C23H17O.3CO.BF4.Cr/c1-4-10-18(11-5-1)21-16-22(19-12-6-2-7-13-19)24-23(17-21)20-14-8-3-9-15-20;3*1-2;2-1(3,4)5;/h1-17H;;;;;/q+1;;;;-1;. The van der Waals surface area contributed by atoms with E-state index in [4.69, 9.17) is 18.4 Å². The van der Waals surface area contributed by atoms with Gasteiger partial charge in [0.05, 0.1) is 23.3 Å². The Balaban J connectivity index is 0. The Morgan fingerprint density at radius 3 is 1.00 bits per heavy atom. The fourth-order valence-corrected chi connectivity index (χ4v) is 2.79. The van der Waals surface area contributed by atoms with Gasteiger partial charge in [-0.3, -0.25) is 0 Å². The minimum atomic E-state index is -6.00. The molecule has 0 amide bonds. The maximum Gasteiger partial charge on any atom is 0.361 e. The summed E-state index contributed by atoms with van der Waals surface area (Å²) in [7, 11) is -6.00. The monoisotopic (exact) mass is 532 g/mol. The van der Waals surface area contributed by atoms with Gasteiger partial charge in [-0.15, -0.1) is 0 Å². The Morgan fingerprint density at radius 1 is 0.472 bits per heavy atom. The van der Waals surface area contributed by atoms with E-state index >= 15 is 0 Å². The van der Waals surface area contributed by atoms with Crippen molar-refractivity contribution in [1.82, 2.24) is 0 Å². The zero-order valence-corrected chi connectivity index (χ0v) is 19.7. The minimum Gasteiger partial charge on any atom is -0.207 e. The summed E-state index contributed by atoms with van der Waals surface area (Å²) in [4.78, 5) is 0. The molecule has 1 aromatic heterocycles. The molecule has 3 aromatic carbocycles. The van der Waals surface area contributed by atoms with Crippen molar-refractivity contribution < 1.29 is 53.0 Å². The number of rotatable bonds is 3. The van der Waals surface area contributed by atoms with E-state index in [0.717, 1.165) is 28.2 Å². The molecule has 4 nitrogen and oxygen atoms in total. The van der Waals surface area contributed by atoms with Crippen LogP contribution in [0.3, 0.4) is 0 Å². The first-order valence-corrected chi connectivity index (χ1v) is 9.53. The average Bonchev–Trinajstić information content (AvgIpc) is 2.92. The fourth-order valence-electron chi connectivity index (χ4n) is 2.79. The molecular weight excluding hydrogens is 515 g/mol. The second kappa shape index (κ2) is 19.6. The zero-order chi connectivity index (χ0) is 26.7. The molecule has 182 valence electrons. The smallest absolute Gasteiger partial charge is 0.207 e. The molecule has 1 heterocycles. The van der Waals surface area contributed by atoms with Crippen LogP contribution in [-0.4, -0.2) is 7.25 Å². The Kier molecular flexibility index (Phi) is 18.8. The second-order valence-electron chi connectivity index (χ2n) is 6.17. The van der Waals surface area contributed by atoms with Gasteiger partial charge in [-0.25, -0.2) is 4.42 Å². The molecule has 36 heavy (non-hydrogen) atoms. The summed E-state index contributed by atoms with van der Waals surface area (Å²) >= 11 is 0. The average molecular weight is 532 g/mol. The van der Waals surface area contributed by atoms with Gasteiger partial charge in [0.15, 0.2) is 0 Å². The molecule has 10 heteroatoms. The minimum absolute atomic E-state index is 0. The second-order valence-corrected chi connectivity index (χ2v) is 6.17. The molecule has 0 fully saturated rings. The van der Waals surface area contributed by atoms with Gasteiger partial charge in [0.1, 0.15) is 0 Å². The summed E-state index contributed by atoms with van der Waals surface area (Å²) in [5.41, 5.74) is 4.49. The van der Waals surface area contributed by atoms with Gasteiger partial charge in [-0.2, -0.15) is 0 Å². The van der Waals surface area contributed by atoms with Crippen molar-refractivity contribution in [1.29, 1.82) is 0 Å². The SMILES string of the molecule is F[B-](F)(F)F.[C-]#[O+].[C-]#[O+].[C-]#[O+].[Cr].c1ccc(-c2cc(-c3ccccc3)[o+]c(-c3ccccc3)c2)cc1. The van der Waals surface area contributed by atoms with E-state index in [2.05, 4.69) is 80.6 Å². The first kappa shape index (κ1) is 34.5. The van der Waals surface area contributed by atoms with E-state index in [1.54, 1.807) is 0 Å². The molecule has 0 radical (unpaired) electrons. The molecule has 4 rings (SSSR count). The van der Waals surface area contributed by atoms with Crippen LogP contribution in [0.25, 0.3) is 33.8 Å². The van der Waals surface area contributed by atoms with Crippen molar-refractivity contribution >= 4 is 7.25 Å². The van der Waals surface area contributed by atoms with E-state index in [1.165, 1.54) is 5.56 Å². The molecular formula is C26H17BCrF4O4. The van der Waals surface area contributed by atoms with E-state index in [9.17, 15) is 17.3 Å². The summed E-state index contributed by atoms with van der Waals surface area (Å²) in [5.74, 6) is 1.74. The Hall–Kier alpha value is -3.65. The van der Waals surface area contributed by atoms with Crippen molar-refractivity contribution in [3.8, 4) is 33.8 Å². The van der Waals surface area contributed by atoms with Gasteiger partial charge in [0.2, 0.25) is 0 Å². The Labute approximate surface area is 217 Å². The van der Waals surface area contributed by atoms with Crippen LogP contribution in [0.2, 0.25) is 0 Å². The zero-order valence-electron chi connectivity index (χ0n) is 18.4. The van der Waals surface area contributed by atoms with E-state index in [1.807, 2.05) is 42.5 Å². The van der Waals surface area contributed by atoms with Crippen LogP contribution in [0.5, 0.6) is 0 Å². The third-order valence-corrected chi connectivity index (χ3v) is 4.02. The summed E-state index contributed by atoms with van der Waals surface area (Å²) in [6.45, 7) is 13.5. The number of halogens is 4. The number of hydrogen-bond donors (Lipinski definition) is 0. The van der Waals surface area contributed by atoms with Crippen molar-refractivity contribution in [2.45, 2.75) is 0 Å². The van der Waals surface area contributed by atoms with E-state index in [-0.39, 0.29) is 17.4 Å². The van der Waals surface area contributed by atoms with Crippen LogP contribution in [0, 0.1) is 20.0 Å². The molecule has 0 aliphatic carbocycles. The molecule has 0 N–H and O–H groups in total. The van der Waals surface area contributed by atoms with Gasteiger partial charge in [0.25, 0.3) is 0 Å². The number of benzene rings is 3. The van der Waals surface area contributed by atoms with Crippen molar-refractivity contribution in [2.75, 3.05) is 0 Å². The van der Waals surface area contributed by atoms with Gasteiger partial charge >= 0.3 is 52.7 Å². The van der Waals surface area contributed by atoms with Crippen LogP contribution in [0.15, 0.2) is 108 Å². The van der Waals surface area contributed by atoms with Gasteiger partial charge in [0, 0.05) is 22.9 Å². The maximum atomic E-state index is 9.75. The van der Waals surface area contributed by atoms with Crippen LogP contribution in [0.4, 0.5) is 17.3 Å². The predicted octanol–water partition coefficient (Wildman–Crippen LogP) is 7.75. The molecule has 0 saturated heterocycles. The molecule has 0 bridgehead atoms. The van der Waals surface area contributed by atoms with Crippen LogP contribution in [-0.2, 0) is 31.3 Å². The molecule has 0 saturated carbocycles. The molecule has 0 spiro atoms. The third-order valence-electron chi connectivity index (χ3n) is 4.02. The molecule has 0 atom stereocenters. The fraction of sp³-hybridized carbons (Fsp3) is 0. The van der Waals surface area contributed by atoms with Crippen LogP contribution >= 0.6 is 0 Å². The maximum absolute atomic E-state index is 9.75. The first-order valence-electron chi connectivity index (χ1n) is 9.53. The summed E-state index contributed by atoms with van der Waals surface area (Å²) in [5, 5.41) is 0. The Bertz CT molecular complexity index is 1020. The largest absolute Gasteiger partial charge is 0.361 e. The van der Waals surface area contributed by atoms with Gasteiger partial charge < -0.3 is 17.3 Å². The summed E-state index contributed by atoms with van der Waals surface area (Å²) in [6.07, 6.45) is 0. The third kappa shape index (κ3) is 13.3. The molecule has 0 unspecified atom stereocenters. The number of hydrogen-bond acceptors (Lipinski definition) is 0. The van der Waals surface area contributed by atoms with Gasteiger partial charge in [-0.05, 0) is 29.8 Å². The summed E-state index contributed by atoms with van der Waals surface area (Å²) < 4.78 is 67.7. The van der Waals surface area contributed by atoms with Crippen molar-refractivity contribution in [3.63, 3.8) is 0 Å². The van der Waals surface area contributed by atoms with Crippen molar-refractivity contribution in [2.24, 2.45) is 0 Å². The van der Waals surface area contributed by atoms with Crippen molar-refractivity contribution in [3.05, 3.63) is 123 Å². The first-order chi connectivity index (χ1) is 16.9. The molecule has 0 aliphatic rings. The molecule has 4 aromatic rings. The predicted molar refractivity (Wildman–Crippen MR) is 121 cm³/mol. The van der Waals surface area contributed by atoms with Crippen LogP contribution < -0.4 is 0 Å². The normalized spacial score (nSPS) is 8.83. The molecule has 0 aliphatic heterocycles. The quantitative estimate of drug-likeness (QED) is 0.115. The van der Waals surface area contributed by atoms with Crippen LogP contribution in [0.1, 0.15) is 0 Å². The topological polar surface area (TPSA) is 71.0 Å².